The first-order valence-electron chi connectivity index (χ1n) is 9.23. The lowest BCUT2D eigenvalue weighted by Gasteiger charge is -2.06. The second-order valence-corrected chi connectivity index (χ2v) is 7.43. The van der Waals surface area contributed by atoms with Crippen molar-refractivity contribution in [2.45, 2.75) is 18.5 Å². The molecule has 0 atom stereocenters. The zero-order valence-electron chi connectivity index (χ0n) is 16.0. The summed E-state index contributed by atoms with van der Waals surface area (Å²) in [5, 5.41) is 15.7. The standard InChI is InChI=1S/C21H17F2N5OS/c1-2-13-3-5-14(6-4-13)18-9-10-19-25-26-21(28(19)27-18)30-12-20(29)24-15-7-8-16(22)17(23)11-15/h3-11H,2,12H2,1H3,(H,24,29). The first kappa shape index (κ1) is 20.0. The van der Waals surface area contributed by atoms with Crippen LogP contribution < -0.4 is 5.32 Å². The highest BCUT2D eigenvalue weighted by Gasteiger charge is 2.12. The average molecular weight is 425 g/mol. The Kier molecular flexibility index (Phi) is 5.71. The van der Waals surface area contributed by atoms with E-state index < -0.39 is 11.6 Å². The number of fused-ring (bicyclic) bond motifs is 1. The number of aryl methyl sites for hydroxylation is 1. The molecular weight excluding hydrogens is 408 g/mol. The molecule has 4 aromatic rings. The van der Waals surface area contributed by atoms with Crippen molar-refractivity contribution in [3.63, 3.8) is 0 Å². The van der Waals surface area contributed by atoms with Crippen LogP contribution in [-0.4, -0.2) is 31.5 Å². The van der Waals surface area contributed by atoms with E-state index in [2.05, 4.69) is 39.7 Å². The number of halogens is 2. The summed E-state index contributed by atoms with van der Waals surface area (Å²) in [5.41, 5.74) is 3.72. The molecule has 2 heterocycles. The van der Waals surface area contributed by atoms with E-state index in [9.17, 15) is 13.6 Å². The summed E-state index contributed by atoms with van der Waals surface area (Å²) in [6.45, 7) is 2.10. The van der Waals surface area contributed by atoms with Crippen molar-refractivity contribution in [2.24, 2.45) is 0 Å². The molecule has 152 valence electrons. The molecule has 2 aromatic carbocycles. The Morgan fingerprint density at radius 2 is 1.83 bits per heavy atom. The molecule has 0 radical (unpaired) electrons. The van der Waals surface area contributed by atoms with Crippen LogP contribution in [0.2, 0.25) is 0 Å². The monoisotopic (exact) mass is 425 g/mol. The number of hydrogen-bond donors (Lipinski definition) is 1. The predicted molar refractivity (Wildman–Crippen MR) is 111 cm³/mol. The maximum atomic E-state index is 13.3. The fourth-order valence-corrected chi connectivity index (χ4v) is 3.51. The predicted octanol–water partition coefficient (Wildman–Crippen LogP) is 4.36. The molecule has 1 N–H and O–H groups in total. The molecule has 0 bridgehead atoms. The molecular formula is C21H17F2N5OS. The molecule has 0 saturated carbocycles. The Morgan fingerprint density at radius 1 is 1.03 bits per heavy atom. The third-order valence-electron chi connectivity index (χ3n) is 4.43. The van der Waals surface area contributed by atoms with E-state index in [1.807, 2.05) is 24.3 Å². The number of amides is 1. The highest BCUT2D eigenvalue weighted by molar-refractivity contribution is 7.99. The molecule has 9 heteroatoms. The Hall–Kier alpha value is -3.33. The molecule has 0 unspecified atom stereocenters. The zero-order valence-corrected chi connectivity index (χ0v) is 16.8. The highest BCUT2D eigenvalue weighted by atomic mass is 32.2. The van der Waals surface area contributed by atoms with Crippen LogP contribution in [0.25, 0.3) is 16.9 Å². The van der Waals surface area contributed by atoms with Gasteiger partial charge in [-0.3, -0.25) is 4.79 Å². The molecule has 0 aliphatic heterocycles. The number of hydrogen-bond acceptors (Lipinski definition) is 5. The molecule has 4 rings (SSSR count). The topological polar surface area (TPSA) is 72.2 Å². The molecule has 0 fully saturated rings. The van der Waals surface area contributed by atoms with Gasteiger partial charge in [-0.25, -0.2) is 8.78 Å². The van der Waals surface area contributed by atoms with Crippen LogP contribution in [0, 0.1) is 11.6 Å². The molecule has 2 aromatic heterocycles. The number of carbonyl (C=O) groups is 1. The minimum atomic E-state index is -1.02. The fourth-order valence-electron chi connectivity index (χ4n) is 2.83. The van der Waals surface area contributed by atoms with Crippen LogP contribution in [0.1, 0.15) is 12.5 Å². The third kappa shape index (κ3) is 4.30. The second kappa shape index (κ2) is 8.58. The maximum Gasteiger partial charge on any atom is 0.234 e. The Labute approximate surface area is 175 Å². The largest absolute Gasteiger partial charge is 0.325 e. The van der Waals surface area contributed by atoms with E-state index in [1.54, 1.807) is 4.52 Å². The van der Waals surface area contributed by atoms with Crippen LogP contribution in [0.3, 0.4) is 0 Å². The molecule has 0 aliphatic rings. The number of rotatable bonds is 6. The summed E-state index contributed by atoms with van der Waals surface area (Å²) >= 11 is 1.15. The number of nitrogens with zero attached hydrogens (tertiary/aromatic N) is 4. The van der Waals surface area contributed by atoms with Crippen molar-refractivity contribution in [1.82, 2.24) is 19.8 Å². The van der Waals surface area contributed by atoms with Gasteiger partial charge in [-0.2, -0.15) is 9.61 Å². The van der Waals surface area contributed by atoms with Gasteiger partial charge in [0.2, 0.25) is 11.1 Å². The quantitative estimate of drug-likeness (QED) is 0.465. The van der Waals surface area contributed by atoms with Gasteiger partial charge in [-0.15, -0.1) is 10.2 Å². The van der Waals surface area contributed by atoms with E-state index in [1.165, 1.54) is 11.6 Å². The summed E-state index contributed by atoms with van der Waals surface area (Å²) in [6, 6.07) is 15.0. The number of nitrogens with one attached hydrogen (secondary N) is 1. The van der Waals surface area contributed by atoms with Gasteiger partial charge in [0, 0.05) is 17.3 Å². The van der Waals surface area contributed by atoms with Gasteiger partial charge in [0.1, 0.15) is 0 Å². The number of anilines is 1. The van der Waals surface area contributed by atoms with Gasteiger partial charge >= 0.3 is 0 Å². The molecule has 1 amide bonds. The lowest BCUT2D eigenvalue weighted by Crippen LogP contribution is -2.14. The van der Waals surface area contributed by atoms with Crippen LogP contribution in [-0.2, 0) is 11.2 Å². The smallest absolute Gasteiger partial charge is 0.234 e. The van der Waals surface area contributed by atoms with Gasteiger partial charge in [0.05, 0.1) is 11.4 Å². The number of thioether (sulfide) groups is 1. The summed E-state index contributed by atoms with van der Waals surface area (Å²) in [4.78, 5) is 12.2. The number of benzene rings is 2. The molecule has 30 heavy (non-hydrogen) atoms. The average Bonchev–Trinajstić information content (AvgIpc) is 3.17. The number of aromatic nitrogens is 4. The van der Waals surface area contributed by atoms with Crippen molar-refractivity contribution in [1.29, 1.82) is 0 Å². The van der Waals surface area contributed by atoms with E-state index in [0.717, 1.165) is 41.6 Å². The van der Waals surface area contributed by atoms with E-state index in [-0.39, 0.29) is 17.3 Å². The van der Waals surface area contributed by atoms with Crippen LogP contribution in [0.15, 0.2) is 59.8 Å². The van der Waals surface area contributed by atoms with Gasteiger partial charge in [0.15, 0.2) is 17.3 Å². The molecule has 6 nitrogen and oxygen atoms in total. The normalized spacial score (nSPS) is 11.0. The minimum absolute atomic E-state index is 0.0108. The van der Waals surface area contributed by atoms with Crippen LogP contribution in [0.5, 0.6) is 0 Å². The summed E-state index contributed by atoms with van der Waals surface area (Å²) in [5.74, 6) is -2.36. The molecule has 0 aliphatic carbocycles. The highest BCUT2D eigenvalue weighted by Crippen LogP contribution is 2.22. The Morgan fingerprint density at radius 3 is 2.57 bits per heavy atom. The Bertz CT molecular complexity index is 1210. The fraction of sp³-hybridized carbons (Fsp3) is 0.143. The number of carbonyl (C=O) groups excluding carboxylic acids is 1. The van der Waals surface area contributed by atoms with Gasteiger partial charge in [0.25, 0.3) is 0 Å². The minimum Gasteiger partial charge on any atom is -0.325 e. The maximum absolute atomic E-state index is 13.3. The van der Waals surface area contributed by atoms with Gasteiger partial charge in [-0.1, -0.05) is 43.0 Å². The summed E-state index contributed by atoms with van der Waals surface area (Å²) in [7, 11) is 0. The van der Waals surface area contributed by atoms with Crippen molar-refractivity contribution in [2.75, 3.05) is 11.1 Å². The SMILES string of the molecule is CCc1ccc(-c2ccc3nnc(SCC(=O)Nc4ccc(F)c(F)c4)n3n2)cc1. The van der Waals surface area contributed by atoms with E-state index in [0.29, 0.717) is 10.8 Å². The van der Waals surface area contributed by atoms with Crippen LogP contribution >= 0.6 is 11.8 Å². The summed E-state index contributed by atoms with van der Waals surface area (Å²) in [6.07, 6.45) is 0.964. The van der Waals surface area contributed by atoms with E-state index >= 15 is 0 Å². The lowest BCUT2D eigenvalue weighted by atomic mass is 10.1. The first-order chi connectivity index (χ1) is 14.5. The lowest BCUT2D eigenvalue weighted by molar-refractivity contribution is -0.113. The Balaban J connectivity index is 1.48. The molecule has 0 saturated heterocycles. The van der Waals surface area contributed by atoms with E-state index in [4.69, 9.17) is 0 Å². The third-order valence-corrected chi connectivity index (χ3v) is 5.35. The van der Waals surface area contributed by atoms with Gasteiger partial charge < -0.3 is 5.32 Å². The summed E-state index contributed by atoms with van der Waals surface area (Å²) < 4.78 is 27.8. The van der Waals surface area contributed by atoms with Gasteiger partial charge in [-0.05, 0) is 36.2 Å². The first-order valence-corrected chi connectivity index (χ1v) is 10.2. The second-order valence-electron chi connectivity index (χ2n) is 6.49. The zero-order chi connectivity index (χ0) is 21.1. The van der Waals surface area contributed by atoms with Crippen LogP contribution in [0.4, 0.5) is 14.5 Å². The van der Waals surface area contributed by atoms with Crippen molar-refractivity contribution >= 4 is 29.0 Å². The van der Waals surface area contributed by atoms with Crippen molar-refractivity contribution in [3.8, 4) is 11.3 Å². The molecule has 0 spiro atoms. The van der Waals surface area contributed by atoms with Crippen molar-refractivity contribution in [3.05, 3.63) is 71.8 Å². The van der Waals surface area contributed by atoms with Crippen molar-refractivity contribution < 1.29 is 13.6 Å².